The van der Waals surface area contributed by atoms with Crippen molar-refractivity contribution in [3.8, 4) is 0 Å². The van der Waals surface area contributed by atoms with Crippen molar-refractivity contribution in [1.82, 2.24) is 5.32 Å². The van der Waals surface area contributed by atoms with E-state index in [-0.39, 0.29) is 6.61 Å². The first-order valence-corrected chi connectivity index (χ1v) is 6.70. The lowest BCUT2D eigenvalue weighted by Gasteiger charge is -2.15. The minimum Gasteiger partial charge on any atom is -0.396 e. The molecule has 2 nitrogen and oxygen atoms in total. The van der Waals surface area contributed by atoms with Crippen LogP contribution in [-0.2, 0) is 6.54 Å². The van der Waals surface area contributed by atoms with Crippen molar-refractivity contribution in [2.75, 3.05) is 13.2 Å². The van der Waals surface area contributed by atoms with Gasteiger partial charge in [0.1, 0.15) is 0 Å². The molecule has 1 rings (SSSR count). The average Bonchev–Trinajstić information content (AvgIpc) is 2.30. The highest BCUT2D eigenvalue weighted by atomic mass is 35.5. The van der Waals surface area contributed by atoms with Crippen LogP contribution in [0, 0.1) is 5.92 Å². The Bertz CT molecular complexity index is 311. The van der Waals surface area contributed by atoms with Crippen molar-refractivity contribution < 1.29 is 5.11 Å². The standard InChI is InChI=1S/C14H22ClNO/c1-2-4-12(7-8-17)10-16-11-13-5-3-6-14(15)9-13/h3,5-6,9,12,16-17H,2,4,7-8,10-11H2,1H3. The molecule has 0 aromatic heterocycles. The minimum absolute atomic E-state index is 0.281. The highest BCUT2D eigenvalue weighted by Crippen LogP contribution is 2.12. The summed E-state index contributed by atoms with van der Waals surface area (Å²) >= 11 is 5.92. The third-order valence-electron chi connectivity index (χ3n) is 2.89. The zero-order valence-corrected chi connectivity index (χ0v) is 11.2. The van der Waals surface area contributed by atoms with Gasteiger partial charge >= 0.3 is 0 Å². The molecule has 17 heavy (non-hydrogen) atoms. The predicted molar refractivity (Wildman–Crippen MR) is 73.3 cm³/mol. The number of rotatable bonds is 8. The zero-order chi connectivity index (χ0) is 12.5. The van der Waals surface area contributed by atoms with Crippen LogP contribution in [0.1, 0.15) is 31.7 Å². The number of aliphatic hydroxyl groups is 1. The molecule has 1 aromatic carbocycles. The number of benzene rings is 1. The Labute approximate surface area is 109 Å². The normalized spacial score (nSPS) is 12.6. The third kappa shape index (κ3) is 6.06. The number of hydrogen-bond donors (Lipinski definition) is 2. The van der Waals surface area contributed by atoms with E-state index in [1.807, 2.05) is 18.2 Å². The minimum atomic E-state index is 0.281. The van der Waals surface area contributed by atoms with E-state index in [0.29, 0.717) is 5.92 Å². The number of nitrogens with one attached hydrogen (secondary N) is 1. The van der Waals surface area contributed by atoms with Gasteiger partial charge in [0.2, 0.25) is 0 Å². The molecule has 96 valence electrons. The molecule has 1 aromatic rings. The third-order valence-corrected chi connectivity index (χ3v) is 3.12. The number of halogens is 1. The van der Waals surface area contributed by atoms with E-state index in [0.717, 1.165) is 24.5 Å². The molecule has 0 spiro atoms. The Morgan fingerprint density at radius 1 is 1.35 bits per heavy atom. The van der Waals surface area contributed by atoms with Crippen LogP contribution in [0.3, 0.4) is 0 Å². The first kappa shape index (κ1) is 14.5. The molecule has 0 bridgehead atoms. The summed E-state index contributed by atoms with van der Waals surface area (Å²) in [5, 5.41) is 13.2. The lowest BCUT2D eigenvalue weighted by atomic mass is 10.0. The molecule has 1 atom stereocenters. The van der Waals surface area contributed by atoms with Gasteiger partial charge in [0.25, 0.3) is 0 Å². The largest absolute Gasteiger partial charge is 0.396 e. The summed E-state index contributed by atoms with van der Waals surface area (Å²) in [6, 6.07) is 7.91. The maximum Gasteiger partial charge on any atom is 0.0434 e. The van der Waals surface area contributed by atoms with E-state index < -0.39 is 0 Å². The predicted octanol–water partition coefficient (Wildman–Crippen LogP) is 3.23. The summed E-state index contributed by atoms with van der Waals surface area (Å²) in [5.41, 5.74) is 1.21. The lowest BCUT2D eigenvalue weighted by Crippen LogP contribution is -2.23. The van der Waals surface area contributed by atoms with Crippen LogP contribution in [0.4, 0.5) is 0 Å². The zero-order valence-electron chi connectivity index (χ0n) is 10.5. The van der Waals surface area contributed by atoms with Crippen LogP contribution in [0.5, 0.6) is 0 Å². The SMILES string of the molecule is CCCC(CCO)CNCc1cccc(Cl)c1. The molecular weight excluding hydrogens is 234 g/mol. The van der Waals surface area contributed by atoms with Gasteiger partial charge < -0.3 is 10.4 Å². The fourth-order valence-corrected chi connectivity index (χ4v) is 2.22. The highest BCUT2D eigenvalue weighted by Gasteiger charge is 2.06. The van der Waals surface area contributed by atoms with Crippen LogP contribution >= 0.6 is 11.6 Å². The Hall–Kier alpha value is -0.570. The van der Waals surface area contributed by atoms with Crippen molar-refractivity contribution in [2.24, 2.45) is 5.92 Å². The van der Waals surface area contributed by atoms with Crippen molar-refractivity contribution in [3.63, 3.8) is 0 Å². The van der Waals surface area contributed by atoms with E-state index in [1.165, 1.54) is 18.4 Å². The number of hydrogen-bond acceptors (Lipinski definition) is 2. The molecule has 0 saturated heterocycles. The van der Waals surface area contributed by atoms with E-state index in [2.05, 4.69) is 18.3 Å². The lowest BCUT2D eigenvalue weighted by molar-refractivity contribution is 0.248. The topological polar surface area (TPSA) is 32.3 Å². The molecule has 2 N–H and O–H groups in total. The molecule has 0 saturated carbocycles. The van der Waals surface area contributed by atoms with Gasteiger partial charge in [-0.15, -0.1) is 0 Å². The van der Waals surface area contributed by atoms with E-state index in [4.69, 9.17) is 16.7 Å². The molecule has 0 heterocycles. The summed E-state index contributed by atoms with van der Waals surface area (Å²) in [6.07, 6.45) is 3.23. The molecule has 3 heteroatoms. The van der Waals surface area contributed by atoms with Gasteiger partial charge in [-0.2, -0.15) is 0 Å². The first-order valence-electron chi connectivity index (χ1n) is 6.32. The van der Waals surface area contributed by atoms with Gasteiger partial charge in [0.05, 0.1) is 0 Å². The summed E-state index contributed by atoms with van der Waals surface area (Å²) in [5.74, 6) is 0.573. The van der Waals surface area contributed by atoms with Crippen molar-refractivity contribution in [1.29, 1.82) is 0 Å². The van der Waals surface area contributed by atoms with Crippen LogP contribution in [0.25, 0.3) is 0 Å². The molecule has 0 fully saturated rings. The second kappa shape index (κ2) is 8.51. The van der Waals surface area contributed by atoms with Gasteiger partial charge in [-0.3, -0.25) is 0 Å². The van der Waals surface area contributed by atoms with Crippen molar-refractivity contribution >= 4 is 11.6 Å². The van der Waals surface area contributed by atoms with Crippen LogP contribution in [0.2, 0.25) is 5.02 Å². The fraction of sp³-hybridized carbons (Fsp3) is 0.571. The summed E-state index contributed by atoms with van der Waals surface area (Å²) < 4.78 is 0. The van der Waals surface area contributed by atoms with E-state index in [9.17, 15) is 0 Å². The molecule has 1 unspecified atom stereocenters. The Morgan fingerprint density at radius 3 is 2.82 bits per heavy atom. The molecule has 0 aliphatic heterocycles. The molecule has 0 amide bonds. The smallest absolute Gasteiger partial charge is 0.0434 e. The fourth-order valence-electron chi connectivity index (χ4n) is 2.01. The number of aliphatic hydroxyl groups excluding tert-OH is 1. The van der Waals surface area contributed by atoms with Crippen LogP contribution < -0.4 is 5.32 Å². The van der Waals surface area contributed by atoms with Gasteiger partial charge in [-0.1, -0.05) is 37.1 Å². The maximum absolute atomic E-state index is 8.97. The Morgan fingerprint density at radius 2 is 2.18 bits per heavy atom. The molecule has 0 radical (unpaired) electrons. The monoisotopic (exact) mass is 255 g/mol. The van der Waals surface area contributed by atoms with Crippen LogP contribution in [-0.4, -0.2) is 18.3 Å². The second-order valence-electron chi connectivity index (χ2n) is 4.43. The Balaban J connectivity index is 2.30. The molecular formula is C14H22ClNO. The highest BCUT2D eigenvalue weighted by molar-refractivity contribution is 6.30. The van der Waals surface area contributed by atoms with Gasteiger partial charge in [-0.25, -0.2) is 0 Å². The van der Waals surface area contributed by atoms with E-state index in [1.54, 1.807) is 0 Å². The molecule has 0 aliphatic carbocycles. The van der Waals surface area contributed by atoms with Crippen molar-refractivity contribution in [3.05, 3.63) is 34.9 Å². The van der Waals surface area contributed by atoms with E-state index >= 15 is 0 Å². The molecule has 0 aliphatic rings. The van der Waals surface area contributed by atoms with Gasteiger partial charge in [-0.05, 0) is 43.0 Å². The quantitative estimate of drug-likeness (QED) is 0.748. The second-order valence-corrected chi connectivity index (χ2v) is 4.86. The first-order chi connectivity index (χ1) is 8.26. The summed E-state index contributed by atoms with van der Waals surface area (Å²) in [6.45, 7) is 4.26. The van der Waals surface area contributed by atoms with Gasteiger partial charge in [0.15, 0.2) is 0 Å². The summed E-state index contributed by atoms with van der Waals surface area (Å²) in [4.78, 5) is 0. The maximum atomic E-state index is 8.97. The van der Waals surface area contributed by atoms with Crippen molar-refractivity contribution in [2.45, 2.75) is 32.7 Å². The Kier molecular flexibility index (Phi) is 7.25. The summed E-state index contributed by atoms with van der Waals surface area (Å²) in [7, 11) is 0. The van der Waals surface area contributed by atoms with Crippen LogP contribution in [0.15, 0.2) is 24.3 Å². The van der Waals surface area contributed by atoms with Gasteiger partial charge in [0, 0.05) is 18.2 Å². The average molecular weight is 256 g/mol.